The molecular formula is C15H11Cl3N6. The second-order valence-electron chi connectivity index (χ2n) is 4.74. The van der Waals surface area contributed by atoms with Crippen LogP contribution in [0.25, 0.3) is 5.69 Å². The van der Waals surface area contributed by atoms with Gasteiger partial charge in [-0.25, -0.2) is 0 Å². The van der Waals surface area contributed by atoms with Crippen LogP contribution >= 0.6 is 34.8 Å². The first-order valence-corrected chi connectivity index (χ1v) is 8.02. The zero-order valence-electron chi connectivity index (χ0n) is 12.2. The summed E-state index contributed by atoms with van der Waals surface area (Å²) in [4.78, 5) is 0. The van der Waals surface area contributed by atoms with Gasteiger partial charge in [0, 0.05) is 17.7 Å². The molecule has 0 radical (unpaired) electrons. The standard InChI is InChI=1S/C15H11Cl3N6/c16-10-1-4-12(5-2-10)24-15(21-22-23-24)7-8-19-20-11-3-6-13(17)14(18)9-11/h1-6,8-9,20H,7H2. The summed E-state index contributed by atoms with van der Waals surface area (Å²) in [5.41, 5.74) is 4.43. The monoisotopic (exact) mass is 380 g/mol. The molecule has 0 saturated heterocycles. The van der Waals surface area contributed by atoms with E-state index in [0.717, 1.165) is 11.4 Å². The maximum absolute atomic E-state index is 5.94. The smallest absolute Gasteiger partial charge is 0.162 e. The summed E-state index contributed by atoms with van der Waals surface area (Å²) in [5, 5.41) is 17.4. The first-order valence-electron chi connectivity index (χ1n) is 6.89. The largest absolute Gasteiger partial charge is 0.279 e. The Labute approximate surface area is 153 Å². The summed E-state index contributed by atoms with van der Waals surface area (Å²) in [7, 11) is 0. The Balaban J connectivity index is 1.66. The number of aromatic nitrogens is 4. The second kappa shape index (κ2) is 7.61. The van der Waals surface area contributed by atoms with E-state index >= 15 is 0 Å². The van der Waals surface area contributed by atoms with Crippen molar-refractivity contribution in [3.8, 4) is 5.69 Å². The van der Waals surface area contributed by atoms with E-state index in [-0.39, 0.29) is 0 Å². The van der Waals surface area contributed by atoms with Gasteiger partial charge in [-0.05, 0) is 52.9 Å². The minimum absolute atomic E-state index is 0.448. The Kier molecular flexibility index (Phi) is 5.30. The van der Waals surface area contributed by atoms with Gasteiger partial charge in [0.1, 0.15) is 0 Å². The third-order valence-electron chi connectivity index (χ3n) is 3.08. The molecule has 0 bridgehead atoms. The molecular weight excluding hydrogens is 371 g/mol. The lowest BCUT2D eigenvalue weighted by molar-refractivity contribution is 0.776. The number of benzene rings is 2. The lowest BCUT2D eigenvalue weighted by atomic mass is 10.3. The third kappa shape index (κ3) is 4.03. The molecule has 24 heavy (non-hydrogen) atoms. The number of nitrogens with zero attached hydrogens (tertiary/aromatic N) is 5. The number of hydrogen-bond acceptors (Lipinski definition) is 5. The molecule has 0 aliphatic carbocycles. The van der Waals surface area contributed by atoms with Gasteiger partial charge in [-0.15, -0.1) is 5.10 Å². The van der Waals surface area contributed by atoms with Crippen LogP contribution in [0.4, 0.5) is 5.69 Å². The van der Waals surface area contributed by atoms with Crippen molar-refractivity contribution in [2.75, 3.05) is 5.43 Å². The van der Waals surface area contributed by atoms with Crippen molar-refractivity contribution in [1.29, 1.82) is 0 Å². The van der Waals surface area contributed by atoms with E-state index in [1.807, 2.05) is 12.1 Å². The predicted molar refractivity (Wildman–Crippen MR) is 96.4 cm³/mol. The van der Waals surface area contributed by atoms with Gasteiger partial charge in [0.05, 0.1) is 21.4 Å². The van der Waals surface area contributed by atoms with E-state index in [1.165, 1.54) is 0 Å². The third-order valence-corrected chi connectivity index (χ3v) is 4.07. The van der Waals surface area contributed by atoms with Crippen LogP contribution in [0.5, 0.6) is 0 Å². The minimum Gasteiger partial charge on any atom is -0.279 e. The molecule has 0 aliphatic heterocycles. The molecule has 0 atom stereocenters. The maximum atomic E-state index is 5.94. The van der Waals surface area contributed by atoms with Crippen LogP contribution < -0.4 is 5.43 Å². The average Bonchev–Trinajstić information content (AvgIpc) is 3.04. The molecule has 1 heterocycles. The van der Waals surface area contributed by atoms with E-state index in [9.17, 15) is 0 Å². The predicted octanol–water partition coefficient (Wildman–Crippen LogP) is 4.26. The first kappa shape index (κ1) is 16.7. The Morgan fingerprint density at radius 3 is 2.58 bits per heavy atom. The zero-order chi connectivity index (χ0) is 16.9. The van der Waals surface area contributed by atoms with Gasteiger partial charge in [-0.1, -0.05) is 34.8 Å². The normalized spacial score (nSPS) is 11.1. The minimum atomic E-state index is 0.448. The lowest BCUT2D eigenvalue weighted by Gasteiger charge is -2.03. The first-order chi connectivity index (χ1) is 11.6. The fourth-order valence-corrected chi connectivity index (χ4v) is 2.35. The highest BCUT2D eigenvalue weighted by Gasteiger charge is 2.06. The van der Waals surface area contributed by atoms with Crippen molar-refractivity contribution < 1.29 is 0 Å². The van der Waals surface area contributed by atoms with Gasteiger partial charge in [-0.3, -0.25) is 5.43 Å². The number of halogens is 3. The number of tetrazole rings is 1. The molecule has 0 amide bonds. The summed E-state index contributed by atoms with van der Waals surface area (Å²) in [6.45, 7) is 0. The van der Waals surface area contributed by atoms with Crippen molar-refractivity contribution in [1.82, 2.24) is 20.2 Å². The van der Waals surface area contributed by atoms with E-state index in [2.05, 4.69) is 26.1 Å². The van der Waals surface area contributed by atoms with Crippen LogP contribution in [0.3, 0.4) is 0 Å². The van der Waals surface area contributed by atoms with Gasteiger partial charge in [0.2, 0.25) is 0 Å². The maximum Gasteiger partial charge on any atom is 0.162 e. The molecule has 1 N–H and O–H groups in total. The van der Waals surface area contributed by atoms with Crippen LogP contribution in [0.2, 0.25) is 15.1 Å². The molecule has 0 saturated carbocycles. The molecule has 6 nitrogen and oxygen atoms in total. The van der Waals surface area contributed by atoms with Crippen molar-refractivity contribution in [2.24, 2.45) is 5.10 Å². The summed E-state index contributed by atoms with van der Waals surface area (Å²) >= 11 is 17.7. The number of anilines is 1. The van der Waals surface area contributed by atoms with Gasteiger partial charge in [0.15, 0.2) is 5.82 Å². The summed E-state index contributed by atoms with van der Waals surface area (Å²) in [5.74, 6) is 0.650. The topological polar surface area (TPSA) is 68.0 Å². The average molecular weight is 382 g/mol. The molecule has 2 aromatic carbocycles. The van der Waals surface area contributed by atoms with E-state index in [0.29, 0.717) is 27.3 Å². The Morgan fingerprint density at radius 1 is 1.04 bits per heavy atom. The van der Waals surface area contributed by atoms with Crippen molar-refractivity contribution in [3.63, 3.8) is 0 Å². The molecule has 0 spiro atoms. The molecule has 122 valence electrons. The van der Waals surface area contributed by atoms with Crippen LogP contribution in [0.1, 0.15) is 5.82 Å². The zero-order valence-corrected chi connectivity index (χ0v) is 14.5. The van der Waals surface area contributed by atoms with Gasteiger partial charge in [-0.2, -0.15) is 9.78 Å². The fourth-order valence-electron chi connectivity index (χ4n) is 1.93. The quantitative estimate of drug-likeness (QED) is 0.529. The van der Waals surface area contributed by atoms with Gasteiger partial charge >= 0.3 is 0 Å². The van der Waals surface area contributed by atoms with Crippen LogP contribution in [-0.2, 0) is 6.42 Å². The van der Waals surface area contributed by atoms with Crippen LogP contribution in [-0.4, -0.2) is 26.4 Å². The summed E-state index contributed by atoms with van der Waals surface area (Å²) in [6.07, 6.45) is 2.12. The molecule has 0 unspecified atom stereocenters. The van der Waals surface area contributed by atoms with Crippen molar-refractivity contribution in [2.45, 2.75) is 6.42 Å². The fraction of sp³-hybridized carbons (Fsp3) is 0.0667. The highest BCUT2D eigenvalue weighted by molar-refractivity contribution is 6.42. The van der Waals surface area contributed by atoms with E-state index in [1.54, 1.807) is 41.2 Å². The second-order valence-corrected chi connectivity index (χ2v) is 5.99. The highest BCUT2D eigenvalue weighted by atomic mass is 35.5. The Bertz CT molecular complexity index is 860. The molecule has 0 fully saturated rings. The summed E-state index contributed by atoms with van der Waals surface area (Å²) in [6, 6.07) is 12.4. The van der Waals surface area contributed by atoms with Gasteiger partial charge < -0.3 is 0 Å². The van der Waals surface area contributed by atoms with Crippen LogP contribution in [0.15, 0.2) is 47.6 Å². The molecule has 1 aromatic heterocycles. The Hall–Kier alpha value is -2.15. The number of rotatable bonds is 5. The Morgan fingerprint density at radius 2 is 1.83 bits per heavy atom. The van der Waals surface area contributed by atoms with Crippen LogP contribution in [0, 0.1) is 0 Å². The van der Waals surface area contributed by atoms with Crippen molar-refractivity contribution >= 4 is 46.7 Å². The molecule has 3 aromatic rings. The van der Waals surface area contributed by atoms with E-state index < -0.39 is 0 Å². The highest BCUT2D eigenvalue weighted by Crippen LogP contribution is 2.24. The lowest BCUT2D eigenvalue weighted by Crippen LogP contribution is -2.04. The van der Waals surface area contributed by atoms with Gasteiger partial charge in [0.25, 0.3) is 0 Å². The SMILES string of the molecule is Clc1ccc(-n2nnnc2CC=NNc2ccc(Cl)c(Cl)c2)cc1. The number of hydrogen-bond donors (Lipinski definition) is 1. The van der Waals surface area contributed by atoms with E-state index in [4.69, 9.17) is 34.8 Å². The molecule has 3 rings (SSSR count). The number of hydrazone groups is 1. The molecule has 0 aliphatic rings. The summed E-state index contributed by atoms with van der Waals surface area (Å²) < 4.78 is 1.63. The van der Waals surface area contributed by atoms with Crippen molar-refractivity contribution in [3.05, 3.63) is 63.4 Å². The number of nitrogens with one attached hydrogen (secondary N) is 1. The molecule has 9 heteroatoms.